The molecule has 4 rings (SSSR count). The van der Waals surface area contributed by atoms with E-state index in [1.807, 2.05) is 30.2 Å². The van der Waals surface area contributed by atoms with Gasteiger partial charge in [0.2, 0.25) is 0 Å². The first-order chi connectivity index (χ1) is 11.4. The Kier molecular flexibility index (Phi) is 4.74. The van der Waals surface area contributed by atoms with Crippen LogP contribution in [-0.2, 0) is 0 Å². The maximum Gasteiger partial charge on any atom is 0.132 e. The number of thioether (sulfide) groups is 2. The Hall–Kier alpha value is -1.22. The third-order valence-corrected chi connectivity index (χ3v) is 6.72. The molecule has 4 heterocycles. The van der Waals surface area contributed by atoms with Gasteiger partial charge in [0.1, 0.15) is 10.1 Å². The number of thiazole rings is 1. The highest BCUT2D eigenvalue weighted by molar-refractivity contribution is 8.14. The highest BCUT2D eigenvalue weighted by atomic mass is 32.2. The summed E-state index contributed by atoms with van der Waals surface area (Å²) in [5.41, 5.74) is 2.13. The molecule has 0 aromatic carbocycles. The minimum absolute atomic E-state index is 0.880. The van der Waals surface area contributed by atoms with Gasteiger partial charge in [0.05, 0.1) is 11.1 Å². The third-order valence-electron chi connectivity index (χ3n) is 3.12. The number of allylic oxidation sites excluding steroid dienone is 1. The van der Waals surface area contributed by atoms with Gasteiger partial charge in [0, 0.05) is 57.7 Å². The molecule has 1 N–H and O–H groups in total. The molecule has 1 aromatic heterocycles. The lowest BCUT2D eigenvalue weighted by atomic mass is 10.1. The lowest BCUT2D eigenvalue weighted by Crippen LogP contribution is -2.15. The molecular formula is C15H11N4S4. The minimum Gasteiger partial charge on any atom is -0.323 e. The zero-order chi connectivity index (χ0) is 15.5. The van der Waals surface area contributed by atoms with Gasteiger partial charge in [-0.3, -0.25) is 4.99 Å². The predicted molar refractivity (Wildman–Crippen MR) is 105 cm³/mol. The van der Waals surface area contributed by atoms with Gasteiger partial charge in [-0.1, -0.05) is 6.08 Å². The Bertz CT molecular complexity index is 784. The summed E-state index contributed by atoms with van der Waals surface area (Å²) in [6, 6.07) is 0. The van der Waals surface area contributed by atoms with E-state index in [2.05, 4.69) is 32.0 Å². The van der Waals surface area contributed by atoms with Crippen molar-refractivity contribution in [2.24, 2.45) is 9.98 Å². The SMILES string of the molecule is [C]1=C(C2=NC=CCS2)C(C2=CN=CCS2)=C(c2nccs2)SN1. The van der Waals surface area contributed by atoms with Crippen molar-refractivity contribution in [3.63, 3.8) is 0 Å². The second-order valence-electron chi connectivity index (χ2n) is 4.51. The van der Waals surface area contributed by atoms with Crippen molar-refractivity contribution in [2.45, 2.75) is 0 Å². The van der Waals surface area contributed by atoms with Crippen LogP contribution in [-0.4, -0.2) is 27.7 Å². The van der Waals surface area contributed by atoms with Crippen LogP contribution < -0.4 is 4.72 Å². The molecule has 3 aliphatic rings. The molecule has 0 unspecified atom stereocenters. The Balaban J connectivity index is 1.86. The molecule has 0 saturated heterocycles. The van der Waals surface area contributed by atoms with Crippen LogP contribution in [0.2, 0.25) is 0 Å². The van der Waals surface area contributed by atoms with E-state index in [9.17, 15) is 0 Å². The van der Waals surface area contributed by atoms with Crippen LogP contribution >= 0.6 is 46.8 Å². The lowest BCUT2D eigenvalue weighted by molar-refractivity contribution is 1.29. The average Bonchev–Trinajstić information content (AvgIpc) is 3.17. The molecule has 23 heavy (non-hydrogen) atoms. The van der Waals surface area contributed by atoms with Gasteiger partial charge >= 0.3 is 0 Å². The summed E-state index contributed by atoms with van der Waals surface area (Å²) in [6.45, 7) is 0. The van der Waals surface area contributed by atoms with E-state index in [0.29, 0.717) is 0 Å². The topological polar surface area (TPSA) is 49.6 Å². The van der Waals surface area contributed by atoms with Gasteiger partial charge in [0.15, 0.2) is 0 Å². The van der Waals surface area contributed by atoms with Crippen molar-refractivity contribution < 1.29 is 0 Å². The van der Waals surface area contributed by atoms with Gasteiger partial charge in [-0.2, -0.15) is 0 Å². The van der Waals surface area contributed by atoms with Crippen LogP contribution in [0.15, 0.2) is 56.1 Å². The summed E-state index contributed by atoms with van der Waals surface area (Å²) in [7, 11) is 0. The van der Waals surface area contributed by atoms with E-state index in [0.717, 1.165) is 42.5 Å². The monoisotopic (exact) mass is 375 g/mol. The zero-order valence-electron chi connectivity index (χ0n) is 11.9. The van der Waals surface area contributed by atoms with E-state index in [-0.39, 0.29) is 0 Å². The first-order valence-corrected chi connectivity index (χ1v) is 10.5. The minimum atomic E-state index is 0.880. The predicted octanol–water partition coefficient (Wildman–Crippen LogP) is 4.11. The van der Waals surface area contributed by atoms with E-state index in [1.54, 1.807) is 46.8 Å². The summed E-state index contributed by atoms with van der Waals surface area (Å²) in [6.07, 6.45) is 12.9. The van der Waals surface area contributed by atoms with Crippen LogP contribution in [0.1, 0.15) is 5.01 Å². The molecule has 0 bridgehead atoms. The molecule has 0 saturated carbocycles. The summed E-state index contributed by atoms with van der Waals surface area (Å²) in [5, 5.41) is 3.99. The van der Waals surface area contributed by atoms with E-state index in [1.165, 1.54) is 0 Å². The Labute approximate surface area is 151 Å². The molecule has 8 heteroatoms. The molecule has 0 aliphatic carbocycles. The summed E-state index contributed by atoms with van der Waals surface area (Å²) in [5.74, 6) is 1.81. The second-order valence-corrected chi connectivity index (χ2v) is 8.29. The largest absolute Gasteiger partial charge is 0.323 e. The van der Waals surface area contributed by atoms with Gasteiger partial charge in [-0.15, -0.1) is 34.9 Å². The van der Waals surface area contributed by atoms with Gasteiger partial charge < -0.3 is 4.72 Å². The number of hydrogen-bond acceptors (Lipinski definition) is 8. The van der Waals surface area contributed by atoms with Crippen LogP contribution in [0.25, 0.3) is 4.91 Å². The van der Waals surface area contributed by atoms with Gasteiger partial charge in [0.25, 0.3) is 0 Å². The van der Waals surface area contributed by atoms with Crippen LogP contribution in [0, 0.1) is 6.20 Å². The number of nitrogens with one attached hydrogen (secondary N) is 1. The number of aliphatic imine (C=N–C) groups is 2. The fourth-order valence-corrected chi connectivity index (χ4v) is 5.39. The van der Waals surface area contributed by atoms with E-state index in [4.69, 9.17) is 0 Å². The molecule has 0 spiro atoms. The van der Waals surface area contributed by atoms with Gasteiger partial charge in [-0.05, 0) is 11.9 Å². The van der Waals surface area contributed by atoms with E-state index < -0.39 is 0 Å². The second kappa shape index (κ2) is 7.12. The first-order valence-electron chi connectivity index (χ1n) is 6.84. The molecule has 0 fully saturated rings. The number of hydrogen-bond donors (Lipinski definition) is 1. The van der Waals surface area contributed by atoms with Crippen molar-refractivity contribution in [3.8, 4) is 0 Å². The normalized spacial score (nSPS) is 20.8. The van der Waals surface area contributed by atoms with Crippen molar-refractivity contribution in [2.75, 3.05) is 11.5 Å². The molecule has 1 aromatic rings. The smallest absolute Gasteiger partial charge is 0.132 e. The number of nitrogens with zero attached hydrogens (tertiary/aromatic N) is 3. The molecule has 0 amide bonds. The summed E-state index contributed by atoms with van der Waals surface area (Å²) >= 11 is 6.70. The van der Waals surface area contributed by atoms with Crippen molar-refractivity contribution >= 4 is 63.0 Å². The fourth-order valence-electron chi connectivity index (χ4n) is 2.17. The molecule has 115 valence electrons. The lowest BCUT2D eigenvalue weighted by Gasteiger charge is -2.23. The maximum atomic E-state index is 4.54. The molecule has 0 atom stereocenters. The van der Waals surface area contributed by atoms with E-state index >= 15 is 0 Å². The highest BCUT2D eigenvalue weighted by Crippen LogP contribution is 2.44. The summed E-state index contributed by atoms with van der Waals surface area (Å²) in [4.78, 5) is 15.6. The third kappa shape index (κ3) is 3.21. The standard InChI is InChI=1S/C15H11N4S4/c1-2-17-14(21-5-1)10-8-19-23-13(15-18-4-7-22-15)12(10)11-9-16-3-6-20-11/h1-4,7,9,19H,5-6H2. The maximum absolute atomic E-state index is 4.54. The van der Waals surface area contributed by atoms with Crippen molar-refractivity contribution in [1.29, 1.82) is 0 Å². The Morgan fingerprint density at radius 2 is 2.22 bits per heavy atom. The van der Waals surface area contributed by atoms with Crippen LogP contribution in [0.3, 0.4) is 0 Å². The number of rotatable bonds is 3. The van der Waals surface area contributed by atoms with Crippen LogP contribution in [0.4, 0.5) is 0 Å². The summed E-state index contributed by atoms with van der Waals surface area (Å²) < 4.78 is 3.18. The first kappa shape index (κ1) is 15.3. The fraction of sp³-hybridized carbons (Fsp3) is 0.133. The molecule has 1 radical (unpaired) electrons. The average molecular weight is 376 g/mol. The Morgan fingerprint density at radius 1 is 1.22 bits per heavy atom. The Morgan fingerprint density at radius 3 is 2.96 bits per heavy atom. The highest BCUT2D eigenvalue weighted by Gasteiger charge is 2.27. The van der Waals surface area contributed by atoms with Crippen molar-refractivity contribution in [3.05, 3.63) is 57.3 Å². The molecule has 4 nitrogen and oxygen atoms in total. The molecule has 3 aliphatic heterocycles. The van der Waals surface area contributed by atoms with Gasteiger partial charge in [-0.25, -0.2) is 9.98 Å². The van der Waals surface area contributed by atoms with Crippen LogP contribution in [0.5, 0.6) is 0 Å². The number of aromatic nitrogens is 1. The van der Waals surface area contributed by atoms with Crippen molar-refractivity contribution in [1.82, 2.24) is 9.71 Å². The quantitative estimate of drug-likeness (QED) is 0.806. The zero-order valence-corrected chi connectivity index (χ0v) is 15.1. The molecular weight excluding hydrogens is 364 g/mol.